The van der Waals surface area contributed by atoms with Crippen molar-refractivity contribution in [2.45, 2.75) is 62.8 Å². The van der Waals surface area contributed by atoms with Gasteiger partial charge in [-0.1, -0.05) is 44.2 Å². The van der Waals surface area contributed by atoms with Crippen molar-refractivity contribution in [2.24, 2.45) is 11.8 Å². The molecule has 6 atom stereocenters. The standard InChI is InChI=1S/C28H35ClN2O6/c1-5-15-30(20-11-9-18(29)10-12-20)25(34)23-28-14-13-27(8-4,37-28)22(26(35)36-16-6-2)21(28)24(33)31(23)19(7-3)17-32/h5-6,9-12,19,21-23,32H,1-2,7-8,13-17H2,3-4H3/t19-,21-,22+,23?,27-,28?/m0/s1. The summed E-state index contributed by atoms with van der Waals surface area (Å²) in [5, 5.41) is 10.7. The van der Waals surface area contributed by atoms with Gasteiger partial charge in [-0.25, -0.2) is 0 Å². The van der Waals surface area contributed by atoms with Crippen LogP contribution in [0, 0.1) is 11.8 Å². The number of carbonyl (C=O) groups is 3. The molecule has 0 radical (unpaired) electrons. The first-order valence-corrected chi connectivity index (χ1v) is 13.2. The van der Waals surface area contributed by atoms with Gasteiger partial charge in [-0.3, -0.25) is 14.4 Å². The van der Waals surface area contributed by atoms with Crippen molar-refractivity contribution in [3.8, 4) is 0 Å². The summed E-state index contributed by atoms with van der Waals surface area (Å²) in [4.78, 5) is 44.9. The summed E-state index contributed by atoms with van der Waals surface area (Å²) in [6, 6.07) is 5.22. The third-order valence-electron chi connectivity index (χ3n) is 8.24. The van der Waals surface area contributed by atoms with Crippen molar-refractivity contribution >= 4 is 35.1 Å². The summed E-state index contributed by atoms with van der Waals surface area (Å²) in [7, 11) is 0. The van der Waals surface area contributed by atoms with E-state index in [9.17, 15) is 19.5 Å². The lowest BCUT2D eigenvalue weighted by Crippen LogP contribution is -2.59. The number of hydrogen-bond acceptors (Lipinski definition) is 6. The minimum absolute atomic E-state index is 0.0208. The molecule has 1 aromatic carbocycles. The van der Waals surface area contributed by atoms with Gasteiger partial charge in [-0.2, -0.15) is 0 Å². The van der Waals surface area contributed by atoms with Crippen molar-refractivity contribution < 1.29 is 29.0 Å². The van der Waals surface area contributed by atoms with E-state index in [0.29, 0.717) is 36.4 Å². The monoisotopic (exact) mass is 530 g/mol. The summed E-state index contributed by atoms with van der Waals surface area (Å²) in [6.45, 7) is 11.1. The minimum atomic E-state index is -1.21. The van der Waals surface area contributed by atoms with E-state index in [-0.39, 0.29) is 31.6 Å². The molecule has 1 spiro atoms. The van der Waals surface area contributed by atoms with Gasteiger partial charge in [0.1, 0.15) is 24.2 Å². The number of halogens is 1. The second-order valence-electron chi connectivity index (χ2n) is 9.96. The lowest BCUT2D eigenvalue weighted by Gasteiger charge is -2.39. The van der Waals surface area contributed by atoms with Crippen molar-refractivity contribution in [3.63, 3.8) is 0 Å². The van der Waals surface area contributed by atoms with Gasteiger partial charge in [-0.15, -0.1) is 6.58 Å². The maximum Gasteiger partial charge on any atom is 0.313 e. The quantitative estimate of drug-likeness (QED) is 0.347. The zero-order valence-corrected chi connectivity index (χ0v) is 22.2. The van der Waals surface area contributed by atoms with Crippen LogP contribution in [0.1, 0.15) is 39.5 Å². The SMILES string of the molecule is C=CCOC(=O)[C@H]1[C@H]2C(=O)N([C@@H](CC)CO)C(C(=O)N(CC=C)c3ccc(Cl)cc3)C23CC[C@]1(CC)O3. The summed E-state index contributed by atoms with van der Waals surface area (Å²) in [5.74, 6) is -2.96. The van der Waals surface area contributed by atoms with Crippen LogP contribution in [-0.4, -0.2) is 70.8 Å². The van der Waals surface area contributed by atoms with Gasteiger partial charge in [-0.05, 0) is 49.9 Å². The molecule has 1 N–H and O–H groups in total. The second-order valence-corrected chi connectivity index (χ2v) is 10.4. The normalized spacial score (nSPS) is 30.6. The molecule has 0 saturated carbocycles. The molecule has 3 aliphatic rings. The van der Waals surface area contributed by atoms with Gasteiger partial charge in [0.05, 0.1) is 24.2 Å². The molecule has 3 aliphatic heterocycles. The van der Waals surface area contributed by atoms with Crippen LogP contribution in [0.4, 0.5) is 5.69 Å². The average molecular weight is 531 g/mol. The zero-order chi connectivity index (χ0) is 27.0. The highest BCUT2D eigenvalue weighted by Gasteiger charge is 2.79. The maximum absolute atomic E-state index is 14.4. The Labute approximate surface area is 222 Å². The van der Waals surface area contributed by atoms with Gasteiger partial charge in [0.15, 0.2) is 0 Å². The Kier molecular flexibility index (Phi) is 7.83. The molecule has 2 unspecified atom stereocenters. The molecule has 2 amide bonds. The maximum atomic E-state index is 14.4. The molecular formula is C28H35ClN2O6. The van der Waals surface area contributed by atoms with Crippen LogP contribution in [0.2, 0.25) is 5.02 Å². The van der Waals surface area contributed by atoms with E-state index >= 15 is 0 Å². The number of aliphatic hydroxyl groups is 1. The molecule has 3 saturated heterocycles. The predicted octanol–water partition coefficient (Wildman–Crippen LogP) is 3.51. The van der Waals surface area contributed by atoms with Gasteiger partial charge < -0.3 is 24.4 Å². The Morgan fingerprint density at radius 2 is 1.97 bits per heavy atom. The number of carbonyl (C=O) groups excluding carboxylic acids is 3. The highest BCUT2D eigenvalue weighted by molar-refractivity contribution is 6.30. The molecule has 9 heteroatoms. The van der Waals surface area contributed by atoms with Crippen LogP contribution in [0.5, 0.6) is 0 Å². The second kappa shape index (κ2) is 10.6. The van der Waals surface area contributed by atoms with Gasteiger partial charge >= 0.3 is 5.97 Å². The number of anilines is 1. The van der Waals surface area contributed by atoms with E-state index in [1.54, 1.807) is 35.2 Å². The lowest BCUT2D eigenvalue weighted by atomic mass is 9.65. The topological polar surface area (TPSA) is 96.4 Å². The van der Waals surface area contributed by atoms with Crippen molar-refractivity contribution in [1.82, 2.24) is 4.90 Å². The lowest BCUT2D eigenvalue weighted by molar-refractivity contribution is -0.161. The molecule has 8 nitrogen and oxygen atoms in total. The molecular weight excluding hydrogens is 496 g/mol. The first-order chi connectivity index (χ1) is 17.7. The molecule has 2 bridgehead atoms. The Bertz CT molecular complexity index is 1070. The number of esters is 1. The van der Waals surface area contributed by atoms with E-state index in [1.165, 1.54) is 11.0 Å². The number of fused-ring (bicyclic) bond motifs is 1. The average Bonchev–Trinajstić information content (AvgIpc) is 3.51. The molecule has 0 aromatic heterocycles. The number of ether oxygens (including phenoxy) is 2. The van der Waals surface area contributed by atoms with Gasteiger partial charge in [0, 0.05) is 17.3 Å². The highest BCUT2D eigenvalue weighted by Crippen LogP contribution is 2.65. The first-order valence-electron chi connectivity index (χ1n) is 12.8. The number of aliphatic hydroxyl groups excluding tert-OH is 1. The summed E-state index contributed by atoms with van der Waals surface area (Å²) >= 11 is 6.08. The largest absolute Gasteiger partial charge is 0.461 e. The first kappa shape index (κ1) is 27.4. The smallest absolute Gasteiger partial charge is 0.313 e. The molecule has 1 aromatic rings. The van der Waals surface area contributed by atoms with E-state index in [4.69, 9.17) is 21.1 Å². The number of rotatable bonds is 11. The number of nitrogens with zero attached hydrogens (tertiary/aromatic N) is 2. The van der Waals surface area contributed by atoms with Crippen LogP contribution in [-0.2, 0) is 23.9 Å². The molecule has 37 heavy (non-hydrogen) atoms. The predicted molar refractivity (Wildman–Crippen MR) is 140 cm³/mol. The van der Waals surface area contributed by atoms with Gasteiger partial charge in [0.25, 0.3) is 5.91 Å². The molecule has 3 heterocycles. The summed E-state index contributed by atoms with van der Waals surface area (Å²) in [6.07, 6.45) is 4.99. The summed E-state index contributed by atoms with van der Waals surface area (Å²) in [5.41, 5.74) is -1.51. The fraction of sp³-hybridized carbons (Fsp3) is 0.536. The Hall–Kier alpha value is -2.68. The van der Waals surface area contributed by atoms with Crippen LogP contribution in [0.25, 0.3) is 0 Å². The third kappa shape index (κ3) is 4.19. The van der Waals surface area contributed by atoms with E-state index in [2.05, 4.69) is 13.2 Å². The summed E-state index contributed by atoms with van der Waals surface area (Å²) < 4.78 is 12.2. The van der Waals surface area contributed by atoms with E-state index < -0.39 is 41.1 Å². The Balaban J connectivity index is 1.84. The minimum Gasteiger partial charge on any atom is -0.461 e. The third-order valence-corrected chi connectivity index (χ3v) is 8.49. The van der Waals surface area contributed by atoms with Crippen molar-refractivity contribution in [2.75, 3.05) is 24.7 Å². The Morgan fingerprint density at radius 1 is 1.27 bits per heavy atom. The number of amides is 2. The zero-order valence-electron chi connectivity index (χ0n) is 21.4. The highest BCUT2D eigenvalue weighted by atomic mass is 35.5. The van der Waals surface area contributed by atoms with Gasteiger partial charge in [0.2, 0.25) is 5.91 Å². The van der Waals surface area contributed by atoms with Crippen molar-refractivity contribution in [3.05, 3.63) is 54.6 Å². The van der Waals surface area contributed by atoms with Crippen LogP contribution < -0.4 is 4.90 Å². The number of benzene rings is 1. The van der Waals surface area contributed by atoms with Crippen LogP contribution in [0.15, 0.2) is 49.6 Å². The van der Waals surface area contributed by atoms with Crippen LogP contribution >= 0.6 is 11.6 Å². The number of likely N-dealkylation sites (tertiary alicyclic amines) is 1. The fourth-order valence-electron chi connectivity index (χ4n) is 6.55. The van der Waals surface area contributed by atoms with Crippen molar-refractivity contribution in [1.29, 1.82) is 0 Å². The number of hydrogen-bond donors (Lipinski definition) is 1. The fourth-order valence-corrected chi connectivity index (χ4v) is 6.68. The molecule has 0 aliphatic carbocycles. The van der Waals surface area contributed by atoms with Crippen LogP contribution in [0.3, 0.4) is 0 Å². The molecule has 3 fully saturated rings. The Morgan fingerprint density at radius 3 is 2.54 bits per heavy atom. The molecule has 200 valence electrons. The van der Waals surface area contributed by atoms with E-state index in [0.717, 1.165) is 0 Å². The molecule has 4 rings (SSSR count). The van der Waals surface area contributed by atoms with E-state index in [1.807, 2.05) is 13.8 Å².